The average molecular weight is 639 g/mol. The van der Waals surface area contributed by atoms with E-state index in [1.807, 2.05) is 100 Å². The number of halogens is 6. The van der Waals surface area contributed by atoms with Gasteiger partial charge in [-0.05, 0) is 55.5 Å². The van der Waals surface area contributed by atoms with Crippen LogP contribution in [0.2, 0.25) is 0 Å². The number of benzene rings is 4. The molecule has 6 nitrogen and oxygen atoms in total. The zero-order chi connectivity index (χ0) is 33.7. The number of aromatic nitrogens is 4. The summed E-state index contributed by atoms with van der Waals surface area (Å²) in [6.45, 7) is 8.08. The highest BCUT2D eigenvalue weighted by Gasteiger charge is 2.53. The van der Waals surface area contributed by atoms with Crippen LogP contribution >= 0.6 is 0 Å². The summed E-state index contributed by atoms with van der Waals surface area (Å²) in [7, 11) is 0. The minimum Gasteiger partial charge on any atom is -0.268 e. The maximum atomic E-state index is 13.6. The third-order valence-electron chi connectivity index (χ3n) is 7.61. The lowest BCUT2D eigenvalue weighted by Gasteiger charge is -2.17. The first-order valence-electron chi connectivity index (χ1n) is 14.7. The number of alkyl halides is 6. The van der Waals surface area contributed by atoms with Crippen LogP contribution in [-0.4, -0.2) is 31.1 Å². The molecule has 46 heavy (non-hydrogen) atoms. The lowest BCUT2D eigenvalue weighted by molar-refractivity contribution is -0.278. The number of nitrogens with zero attached hydrogens (tertiary/aromatic N) is 4. The Labute approximate surface area is 257 Å². The standard InChI is InChI=1S/C26H12N4O2.C4H4F6.2C2H6/c31-25-15-12-10-14-22-16(26(32)30-20-8-4-2-6-18(20)28-24(14)30)11-9-13(21(15)22)23-27-17-5-1-3-7-19(17)29(23)25;1-2(3(5,6)7)4(8,9)10;2*1-2/h1-12H;2H,1H3;2*1-2H3. The Morgan fingerprint density at radius 2 is 0.870 bits per heavy atom. The Morgan fingerprint density at radius 3 is 1.20 bits per heavy atom. The van der Waals surface area contributed by atoms with Gasteiger partial charge < -0.3 is 0 Å². The molecule has 0 aliphatic rings. The number of para-hydroxylation sites is 4. The summed E-state index contributed by atoms with van der Waals surface area (Å²) in [6.07, 6.45) is -10.4. The molecular weight excluding hydrogens is 610 g/mol. The first kappa shape index (κ1) is 32.4. The largest absolute Gasteiger partial charge is 0.400 e. The van der Waals surface area contributed by atoms with Gasteiger partial charge in [-0.3, -0.25) is 18.4 Å². The lowest BCUT2D eigenvalue weighted by Crippen LogP contribution is -2.33. The molecule has 12 heteroatoms. The van der Waals surface area contributed by atoms with Crippen LogP contribution in [0, 0.1) is 5.92 Å². The van der Waals surface area contributed by atoms with Crippen LogP contribution < -0.4 is 11.1 Å². The van der Waals surface area contributed by atoms with Crippen molar-refractivity contribution in [2.45, 2.75) is 47.0 Å². The van der Waals surface area contributed by atoms with Crippen LogP contribution in [0.25, 0.3) is 65.7 Å². The van der Waals surface area contributed by atoms with Crippen LogP contribution in [0.4, 0.5) is 26.3 Å². The van der Waals surface area contributed by atoms with Gasteiger partial charge in [0.25, 0.3) is 11.1 Å². The molecule has 4 aromatic carbocycles. The third-order valence-corrected chi connectivity index (χ3v) is 7.61. The van der Waals surface area contributed by atoms with E-state index in [1.54, 1.807) is 8.80 Å². The van der Waals surface area contributed by atoms with Gasteiger partial charge in [0.2, 0.25) is 0 Å². The molecule has 8 rings (SSSR count). The van der Waals surface area contributed by atoms with Crippen molar-refractivity contribution in [1.82, 2.24) is 18.8 Å². The number of hydrogen-bond donors (Lipinski definition) is 0. The Balaban J connectivity index is 0.000000257. The fraction of sp³-hybridized carbons (Fsp3) is 0.235. The summed E-state index contributed by atoms with van der Waals surface area (Å²) in [5.74, 6) is -3.24. The van der Waals surface area contributed by atoms with E-state index < -0.39 is 18.3 Å². The molecule has 0 spiro atoms. The van der Waals surface area contributed by atoms with E-state index in [0.717, 1.165) is 43.6 Å². The number of fused-ring (bicyclic) bond motifs is 8. The van der Waals surface area contributed by atoms with Crippen LogP contribution in [0.3, 0.4) is 0 Å². The zero-order valence-electron chi connectivity index (χ0n) is 25.4. The van der Waals surface area contributed by atoms with Gasteiger partial charge in [-0.15, -0.1) is 0 Å². The highest BCUT2D eigenvalue weighted by molar-refractivity contribution is 6.27. The molecule has 0 saturated carbocycles. The Kier molecular flexibility index (Phi) is 8.27. The summed E-state index contributed by atoms with van der Waals surface area (Å²) in [6, 6.07) is 22.8. The van der Waals surface area contributed by atoms with Crippen LogP contribution in [-0.2, 0) is 0 Å². The van der Waals surface area contributed by atoms with Gasteiger partial charge >= 0.3 is 12.4 Å². The van der Waals surface area contributed by atoms with E-state index in [1.165, 1.54) is 0 Å². The van der Waals surface area contributed by atoms with Gasteiger partial charge in [0.15, 0.2) is 0 Å². The second-order valence-electron chi connectivity index (χ2n) is 10.0. The van der Waals surface area contributed by atoms with E-state index in [0.29, 0.717) is 22.1 Å². The fourth-order valence-electron chi connectivity index (χ4n) is 5.48. The van der Waals surface area contributed by atoms with Crippen molar-refractivity contribution >= 4 is 65.7 Å². The van der Waals surface area contributed by atoms with Gasteiger partial charge in [-0.1, -0.05) is 52.0 Å². The molecule has 0 bridgehead atoms. The summed E-state index contributed by atoms with van der Waals surface area (Å²) < 4.78 is 70.7. The SMILES string of the molecule is CC.CC.CC(C(F)(F)F)C(F)(F)F.O=c1c2ccc3c4c(ccc(c24)c2nc4ccccc4n12)c(=O)n1c2ccccc2nc31. The second-order valence-corrected chi connectivity index (χ2v) is 10.0. The quantitative estimate of drug-likeness (QED) is 0.123. The summed E-state index contributed by atoms with van der Waals surface area (Å²) in [4.78, 5) is 36.7. The third kappa shape index (κ3) is 4.92. The fourth-order valence-corrected chi connectivity index (χ4v) is 5.48. The number of rotatable bonds is 0. The molecule has 0 N–H and O–H groups in total. The van der Waals surface area contributed by atoms with Gasteiger partial charge in [-0.2, -0.15) is 26.3 Å². The van der Waals surface area contributed by atoms with E-state index >= 15 is 0 Å². The smallest absolute Gasteiger partial charge is 0.268 e. The minimum atomic E-state index is -5.18. The number of imidazole rings is 2. The van der Waals surface area contributed by atoms with E-state index in [4.69, 9.17) is 9.97 Å². The molecule has 4 heterocycles. The van der Waals surface area contributed by atoms with Crippen molar-refractivity contribution in [2.75, 3.05) is 0 Å². The first-order chi connectivity index (χ1) is 21.9. The van der Waals surface area contributed by atoms with Crippen LogP contribution in [0.1, 0.15) is 34.6 Å². The Hall–Kier alpha value is -5.00. The monoisotopic (exact) mass is 638 g/mol. The van der Waals surface area contributed by atoms with Crippen molar-refractivity contribution in [3.05, 3.63) is 93.5 Å². The molecule has 4 aromatic heterocycles. The highest BCUT2D eigenvalue weighted by Crippen LogP contribution is 2.39. The molecule has 0 atom stereocenters. The molecule has 0 unspecified atom stereocenters. The van der Waals surface area contributed by atoms with Crippen molar-refractivity contribution in [1.29, 1.82) is 0 Å². The molecule has 8 aromatic rings. The minimum absolute atomic E-state index is 0.0833. The van der Waals surface area contributed by atoms with Crippen molar-refractivity contribution in [3.8, 4) is 0 Å². The van der Waals surface area contributed by atoms with Crippen LogP contribution in [0.5, 0.6) is 0 Å². The highest BCUT2D eigenvalue weighted by atomic mass is 19.4. The Bertz CT molecular complexity index is 2290. The molecule has 0 fully saturated rings. The topological polar surface area (TPSA) is 68.7 Å². The molecule has 0 amide bonds. The molecule has 0 saturated heterocycles. The number of hydrogen-bond acceptors (Lipinski definition) is 4. The van der Waals surface area contributed by atoms with E-state index in [9.17, 15) is 35.9 Å². The normalized spacial score (nSPS) is 12.2. The van der Waals surface area contributed by atoms with Gasteiger partial charge in [0.1, 0.15) is 17.2 Å². The molecular formula is C34H28F6N4O2. The van der Waals surface area contributed by atoms with Gasteiger partial charge in [0, 0.05) is 32.3 Å². The molecule has 238 valence electrons. The van der Waals surface area contributed by atoms with Gasteiger partial charge in [-0.25, -0.2) is 9.97 Å². The van der Waals surface area contributed by atoms with E-state index in [-0.39, 0.29) is 18.0 Å². The van der Waals surface area contributed by atoms with Crippen LogP contribution in [0.15, 0.2) is 82.4 Å². The molecule has 0 aliphatic heterocycles. The van der Waals surface area contributed by atoms with Crippen molar-refractivity contribution in [2.24, 2.45) is 5.92 Å². The maximum absolute atomic E-state index is 13.6. The average Bonchev–Trinajstić information content (AvgIpc) is 3.63. The summed E-state index contributed by atoms with van der Waals surface area (Å²) in [5, 5.41) is 4.42. The summed E-state index contributed by atoms with van der Waals surface area (Å²) in [5.41, 5.74) is 4.07. The first-order valence-corrected chi connectivity index (χ1v) is 14.7. The summed E-state index contributed by atoms with van der Waals surface area (Å²) >= 11 is 0. The maximum Gasteiger partial charge on any atom is 0.400 e. The molecule has 0 radical (unpaired) electrons. The van der Waals surface area contributed by atoms with Gasteiger partial charge in [0.05, 0.1) is 22.1 Å². The van der Waals surface area contributed by atoms with Crippen molar-refractivity contribution < 1.29 is 26.3 Å². The second kappa shape index (κ2) is 11.7. The number of pyridine rings is 2. The zero-order valence-corrected chi connectivity index (χ0v) is 25.4. The molecule has 0 aliphatic carbocycles. The lowest BCUT2D eigenvalue weighted by atomic mass is 9.96. The Morgan fingerprint density at radius 1 is 0.543 bits per heavy atom. The van der Waals surface area contributed by atoms with E-state index in [2.05, 4.69) is 0 Å². The predicted octanol–water partition coefficient (Wildman–Crippen LogP) is 9.14. The predicted molar refractivity (Wildman–Crippen MR) is 170 cm³/mol. The van der Waals surface area contributed by atoms with Crippen molar-refractivity contribution in [3.63, 3.8) is 0 Å².